The van der Waals surface area contributed by atoms with E-state index >= 15 is 0 Å². The van der Waals surface area contributed by atoms with Crippen LogP contribution in [0.3, 0.4) is 0 Å². The summed E-state index contributed by atoms with van der Waals surface area (Å²) in [4.78, 5) is 0. The zero-order chi connectivity index (χ0) is 10.1. The van der Waals surface area contributed by atoms with Gasteiger partial charge in [0.1, 0.15) is 0 Å². The van der Waals surface area contributed by atoms with Crippen molar-refractivity contribution in [3.63, 3.8) is 0 Å². The normalized spacial score (nSPS) is 17.8. The Bertz CT molecular complexity index is 122. The van der Waals surface area contributed by atoms with Gasteiger partial charge in [-0.1, -0.05) is 0 Å². The van der Waals surface area contributed by atoms with E-state index in [9.17, 15) is 0 Å². The summed E-state index contributed by atoms with van der Waals surface area (Å²) in [6, 6.07) is 0. The Morgan fingerprint density at radius 3 is 2.29 bits per heavy atom. The largest absolute Gasteiger partial charge is 0.382 e. The molecule has 0 unspecified atom stereocenters. The molecule has 3 heteroatoms. The quantitative estimate of drug-likeness (QED) is 0.545. The lowest BCUT2D eigenvalue weighted by Gasteiger charge is -2.08. The smallest absolute Gasteiger partial charge is 0.0701 e. The maximum absolute atomic E-state index is 5.39. The van der Waals surface area contributed by atoms with Gasteiger partial charge in [0.15, 0.2) is 0 Å². The Morgan fingerprint density at radius 2 is 1.57 bits per heavy atom. The number of hydrogen-bond acceptors (Lipinski definition) is 3. The molecule has 0 aromatic rings. The SMILES string of the molecule is COCCOCCOC[C]1[CH][CH][CH][CH]1. The second kappa shape index (κ2) is 8.21. The number of methoxy groups -OCH3 is 1. The van der Waals surface area contributed by atoms with Crippen LogP contribution in [0, 0.1) is 31.6 Å². The van der Waals surface area contributed by atoms with E-state index in [2.05, 4.69) is 0 Å². The molecule has 1 fully saturated rings. The summed E-state index contributed by atoms with van der Waals surface area (Å²) in [5.41, 5.74) is 0. The summed E-state index contributed by atoms with van der Waals surface area (Å²) in [6.07, 6.45) is 8.11. The maximum Gasteiger partial charge on any atom is 0.0701 e. The van der Waals surface area contributed by atoms with Gasteiger partial charge in [0.2, 0.25) is 0 Å². The van der Waals surface area contributed by atoms with Crippen LogP contribution >= 0.6 is 0 Å². The van der Waals surface area contributed by atoms with E-state index in [1.54, 1.807) is 7.11 Å². The van der Waals surface area contributed by atoms with Gasteiger partial charge in [0.05, 0.1) is 33.0 Å². The highest BCUT2D eigenvalue weighted by Gasteiger charge is 2.16. The number of rotatable bonds is 8. The second-order valence-electron chi connectivity index (χ2n) is 2.95. The summed E-state index contributed by atoms with van der Waals surface area (Å²) in [6.45, 7) is 3.21. The van der Waals surface area contributed by atoms with E-state index in [1.165, 1.54) is 5.92 Å². The molecule has 0 aromatic heterocycles. The van der Waals surface area contributed by atoms with E-state index in [0.29, 0.717) is 33.0 Å². The van der Waals surface area contributed by atoms with E-state index in [4.69, 9.17) is 14.2 Å². The van der Waals surface area contributed by atoms with Crippen molar-refractivity contribution < 1.29 is 14.2 Å². The zero-order valence-corrected chi connectivity index (χ0v) is 8.57. The molecule has 3 nitrogen and oxygen atoms in total. The molecule has 5 radical (unpaired) electrons. The first-order chi connectivity index (χ1) is 6.93. The topological polar surface area (TPSA) is 27.7 Å². The van der Waals surface area contributed by atoms with Crippen molar-refractivity contribution >= 4 is 0 Å². The third-order valence-electron chi connectivity index (χ3n) is 1.80. The van der Waals surface area contributed by atoms with Crippen molar-refractivity contribution in [1.82, 2.24) is 0 Å². The van der Waals surface area contributed by atoms with Crippen molar-refractivity contribution in [3.05, 3.63) is 31.6 Å². The summed E-state index contributed by atoms with van der Waals surface area (Å²) < 4.78 is 15.5. The van der Waals surface area contributed by atoms with Gasteiger partial charge in [0.25, 0.3) is 0 Å². The third-order valence-corrected chi connectivity index (χ3v) is 1.80. The molecule has 1 aliphatic rings. The molecule has 1 saturated carbocycles. The monoisotopic (exact) mass is 197 g/mol. The molecule has 0 atom stereocenters. The summed E-state index contributed by atoms with van der Waals surface area (Å²) in [7, 11) is 1.66. The lowest BCUT2D eigenvalue weighted by Crippen LogP contribution is -2.11. The minimum Gasteiger partial charge on any atom is -0.382 e. The Morgan fingerprint density at radius 1 is 0.929 bits per heavy atom. The number of hydrogen-bond donors (Lipinski definition) is 0. The van der Waals surface area contributed by atoms with Crippen molar-refractivity contribution in [2.45, 2.75) is 0 Å². The van der Waals surface area contributed by atoms with Crippen LogP contribution in [0.25, 0.3) is 0 Å². The first kappa shape index (κ1) is 12.0. The fraction of sp³-hybridized carbons (Fsp3) is 0.545. The van der Waals surface area contributed by atoms with Gasteiger partial charge in [0, 0.05) is 13.0 Å². The number of ether oxygens (including phenoxy) is 3. The summed E-state index contributed by atoms with van der Waals surface area (Å²) in [5, 5.41) is 0. The van der Waals surface area contributed by atoms with Crippen LogP contribution in [0.2, 0.25) is 0 Å². The lowest BCUT2D eigenvalue weighted by molar-refractivity contribution is 0.0284. The first-order valence-electron chi connectivity index (χ1n) is 4.78. The second-order valence-corrected chi connectivity index (χ2v) is 2.95. The van der Waals surface area contributed by atoms with E-state index < -0.39 is 0 Å². The van der Waals surface area contributed by atoms with Crippen LogP contribution in [-0.4, -0.2) is 40.1 Å². The van der Waals surface area contributed by atoms with E-state index in [0.717, 1.165) is 0 Å². The molecular weight excluding hydrogens is 180 g/mol. The zero-order valence-electron chi connectivity index (χ0n) is 8.57. The highest BCUT2D eigenvalue weighted by atomic mass is 16.5. The van der Waals surface area contributed by atoms with Gasteiger partial charge in [-0.3, -0.25) is 0 Å². The predicted molar refractivity (Wildman–Crippen MR) is 54.0 cm³/mol. The molecule has 0 heterocycles. The lowest BCUT2D eigenvalue weighted by atomic mass is 10.1. The molecule has 0 aromatic carbocycles. The van der Waals surface area contributed by atoms with Gasteiger partial charge < -0.3 is 14.2 Å². The average molecular weight is 197 g/mol. The van der Waals surface area contributed by atoms with Crippen LogP contribution in [0.4, 0.5) is 0 Å². The van der Waals surface area contributed by atoms with E-state index in [-0.39, 0.29) is 0 Å². The third kappa shape index (κ3) is 5.58. The fourth-order valence-corrected chi connectivity index (χ4v) is 1.06. The highest BCUT2D eigenvalue weighted by molar-refractivity contribution is 5.35. The molecule has 1 rings (SSSR count). The minimum absolute atomic E-state index is 0.629. The van der Waals surface area contributed by atoms with Crippen molar-refractivity contribution in [3.8, 4) is 0 Å². The first-order valence-corrected chi connectivity index (χ1v) is 4.78. The van der Waals surface area contributed by atoms with Crippen LogP contribution in [0.5, 0.6) is 0 Å². The van der Waals surface area contributed by atoms with Crippen LogP contribution < -0.4 is 0 Å². The van der Waals surface area contributed by atoms with Crippen molar-refractivity contribution in [2.24, 2.45) is 0 Å². The van der Waals surface area contributed by atoms with Gasteiger partial charge in [-0.05, 0) is 25.7 Å². The molecule has 14 heavy (non-hydrogen) atoms. The fourth-order valence-electron chi connectivity index (χ4n) is 1.06. The molecule has 0 bridgehead atoms. The molecule has 0 N–H and O–H groups in total. The van der Waals surface area contributed by atoms with Gasteiger partial charge in [-0.25, -0.2) is 0 Å². The predicted octanol–water partition coefficient (Wildman–Crippen LogP) is 1.07. The van der Waals surface area contributed by atoms with Gasteiger partial charge in [-0.2, -0.15) is 0 Å². The molecule has 0 spiro atoms. The molecule has 0 amide bonds. The molecular formula is C11H17O3. The van der Waals surface area contributed by atoms with Crippen molar-refractivity contribution in [2.75, 3.05) is 40.1 Å². The van der Waals surface area contributed by atoms with Gasteiger partial charge >= 0.3 is 0 Å². The highest BCUT2D eigenvalue weighted by Crippen LogP contribution is 2.22. The average Bonchev–Trinajstić information content (AvgIpc) is 2.69. The van der Waals surface area contributed by atoms with Gasteiger partial charge in [-0.15, -0.1) is 0 Å². The van der Waals surface area contributed by atoms with Crippen molar-refractivity contribution in [1.29, 1.82) is 0 Å². The van der Waals surface area contributed by atoms with Crippen LogP contribution in [0.1, 0.15) is 0 Å². The van der Waals surface area contributed by atoms with Crippen LogP contribution in [-0.2, 0) is 14.2 Å². The standard InChI is InChI=1S/C11H17O3/c1-12-6-7-13-8-9-14-10-11-4-2-3-5-11/h2-5H,6-10H2,1H3. The molecule has 0 saturated heterocycles. The Labute approximate surface area is 86.7 Å². The maximum atomic E-state index is 5.39. The Balaban J connectivity index is 1.75. The molecule has 79 valence electrons. The van der Waals surface area contributed by atoms with E-state index in [1.807, 2.05) is 25.7 Å². The molecule has 1 aliphatic carbocycles. The Kier molecular flexibility index (Phi) is 7.01. The Hall–Kier alpha value is -0.120. The summed E-state index contributed by atoms with van der Waals surface area (Å²) in [5.74, 6) is 1.21. The molecule has 0 aliphatic heterocycles. The minimum atomic E-state index is 0.629. The van der Waals surface area contributed by atoms with Crippen LogP contribution in [0.15, 0.2) is 0 Å². The summed E-state index contributed by atoms with van der Waals surface area (Å²) >= 11 is 0.